The Kier molecular flexibility index (Phi) is 4.53. The number of aromatic nitrogens is 2. The van der Waals surface area contributed by atoms with Gasteiger partial charge in [0.15, 0.2) is 17.6 Å². The van der Waals surface area contributed by atoms with Gasteiger partial charge in [-0.25, -0.2) is 9.97 Å². The van der Waals surface area contributed by atoms with Crippen molar-refractivity contribution in [2.24, 2.45) is 0 Å². The van der Waals surface area contributed by atoms with Gasteiger partial charge >= 0.3 is 0 Å². The monoisotopic (exact) mass is 371 g/mol. The molecule has 0 radical (unpaired) electrons. The van der Waals surface area contributed by atoms with Crippen LogP contribution in [0.2, 0.25) is 5.02 Å². The molecule has 1 N–H and O–H groups in total. The molecule has 1 aromatic heterocycles. The number of aryl methyl sites for hydroxylation is 1. The van der Waals surface area contributed by atoms with E-state index in [1.54, 1.807) is 7.11 Å². The van der Waals surface area contributed by atoms with Crippen LogP contribution in [-0.4, -0.2) is 36.4 Å². The van der Waals surface area contributed by atoms with Gasteiger partial charge in [0.25, 0.3) is 0 Å². The number of hydrogen-bond donors (Lipinski definition) is 1. The largest absolute Gasteiger partial charge is 0.486 e. The fourth-order valence-corrected chi connectivity index (χ4v) is 3.02. The van der Waals surface area contributed by atoms with E-state index in [2.05, 4.69) is 15.3 Å². The highest BCUT2D eigenvalue weighted by atomic mass is 35.5. The summed E-state index contributed by atoms with van der Waals surface area (Å²) in [5.74, 6) is 2.01. The van der Waals surface area contributed by atoms with Gasteiger partial charge in [0.1, 0.15) is 18.8 Å². The van der Waals surface area contributed by atoms with Gasteiger partial charge < -0.3 is 19.5 Å². The number of methoxy groups -OCH3 is 1. The van der Waals surface area contributed by atoms with E-state index in [0.717, 1.165) is 22.2 Å². The maximum atomic E-state index is 6.22. The highest BCUT2D eigenvalue weighted by Crippen LogP contribution is 2.37. The Morgan fingerprint density at radius 3 is 2.92 bits per heavy atom. The number of anilines is 2. The first-order chi connectivity index (χ1) is 12.6. The number of ether oxygens (including phenoxy) is 3. The lowest BCUT2D eigenvalue weighted by atomic mass is 10.1. The van der Waals surface area contributed by atoms with Gasteiger partial charge in [-0.2, -0.15) is 0 Å². The lowest BCUT2D eigenvalue weighted by Gasteiger charge is -2.26. The minimum absolute atomic E-state index is 0.137. The van der Waals surface area contributed by atoms with Crippen LogP contribution in [-0.2, 0) is 4.74 Å². The molecule has 1 unspecified atom stereocenters. The van der Waals surface area contributed by atoms with E-state index < -0.39 is 0 Å². The summed E-state index contributed by atoms with van der Waals surface area (Å²) in [6.45, 7) is 2.88. The van der Waals surface area contributed by atoms with E-state index >= 15 is 0 Å². The third-order valence-electron chi connectivity index (χ3n) is 4.21. The molecule has 1 aliphatic heterocycles. The Labute approximate surface area is 156 Å². The summed E-state index contributed by atoms with van der Waals surface area (Å²) < 4.78 is 16.9. The zero-order chi connectivity index (χ0) is 18.1. The molecule has 7 heteroatoms. The molecule has 1 atom stereocenters. The van der Waals surface area contributed by atoms with Gasteiger partial charge in [-0.1, -0.05) is 17.7 Å². The molecule has 1 aliphatic rings. The third kappa shape index (κ3) is 3.25. The average molecular weight is 372 g/mol. The summed E-state index contributed by atoms with van der Waals surface area (Å²) >= 11 is 6.22. The average Bonchev–Trinajstić information content (AvgIpc) is 2.64. The van der Waals surface area contributed by atoms with Crippen molar-refractivity contribution in [3.05, 3.63) is 47.2 Å². The second kappa shape index (κ2) is 6.97. The predicted octanol–water partition coefficient (Wildman–Crippen LogP) is 4.12. The van der Waals surface area contributed by atoms with Crippen LogP contribution in [0.1, 0.15) is 5.56 Å². The Bertz CT molecular complexity index is 964. The lowest BCUT2D eigenvalue weighted by Crippen LogP contribution is -2.32. The molecule has 6 nitrogen and oxygen atoms in total. The molecule has 4 rings (SSSR count). The fourth-order valence-electron chi connectivity index (χ4n) is 2.84. The highest BCUT2D eigenvalue weighted by molar-refractivity contribution is 6.31. The van der Waals surface area contributed by atoms with Crippen LogP contribution in [0.4, 0.5) is 11.5 Å². The minimum Gasteiger partial charge on any atom is -0.486 e. The number of hydrogen-bond acceptors (Lipinski definition) is 6. The summed E-state index contributed by atoms with van der Waals surface area (Å²) in [4.78, 5) is 8.71. The van der Waals surface area contributed by atoms with Crippen LogP contribution in [0.15, 0.2) is 36.7 Å². The molecule has 0 aliphatic carbocycles. The maximum Gasteiger partial charge on any atom is 0.163 e. The quantitative estimate of drug-likeness (QED) is 0.744. The molecule has 2 aromatic carbocycles. The van der Waals surface area contributed by atoms with Crippen LogP contribution in [0, 0.1) is 6.92 Å². The number of fused-ring (bicyclic) bond motifs is 2. The van der Waals surface area contributed by atoms with Crippen LogP contribution < -0.4 is 14.8 Å². The molecule has 0 saturated heterocycles. The van der Waals surface area contributed by atoms with Crippen LogP contribution in [0.25, 0.3) is 10.9 Å². The van der Waals surface area contributed by atoms with Crippen molar-refractivity contribution in [1.29, 1.82) is 0 Å². The Morgan fingerprint density at radius 2 is 2.12 bits per heavy atom. The van der Waals surface area contributed by atoms with Gasteiger partial charge in [-0.15, -0.1) is 0 Å². The number of rotatable bonds is 4. The van der Waals surface area contributed by atoms with Gasteiger partial charge in [-0.3, -0.25) is 0 Å². The summed E-state index contributed by atoms with van der Waals surface area (Å²) in [7, 11) is 1.64. The minimum atomic E-state index is -0.137. The van der Waals surface area contributed by atoms with Crippen molar-refractivity contribution >= 4 is 34.0 Å². The van der Waals surface area contributed by atoms with Crippen molar-refractivity contribution in [3.8, 4) is 11.5 Å². The molecule has 2 heterocycles. The van der Waals surface area contributed by atoms with E-state index in [4.69, 9.17) is 25.8 Å². The Hall–Kier alpha value is -2.57. The number of benzene rings is 2. The molecule has 0 spiro atoms. The second-order valence-corrected chi connectivity index (χ2v) is 6.54. The number of halogens is 1. The molecular formula is C19H18ClN3O3. The van der Waals surface area contributed by atoms with Crippen molar-refractivity contribution in [3.63, 3.8) is 0 Å². The van der Waals surface area contributed by atoms with Crippen molar-refractivity contribution in [2.75, 3.05) is 25.6 Å². The first-order valence-corrected chi connectivity index (χ1v) is 8.62. The molecule has 0 bridgehead atoms. The summed E-state index contributed by atoms with van der Waals surface area (Å²) in [6, 6.07) is 9.55. The van der Waals surface area contributed by atoms with Crippen LogP contribution >= 0.6 is 11.6 Å². The van der Waals surface area contributed by atoms with Crippen LogP contribution in [0.3, 0.4) is 0 Å². The standard InChI is InChI=1S/C19H18ClN3O3/c1-11-3-4-12(5-15(11)20)23-19-14-6-18-17(7-16(14)21-10-22-19)25-9-13(26-18)8-24-2/h3-7,10,13H,8-9H2,1-2H3,(H,21,22,23). The van der Waals surface area contributed by atoms with Crippen LogP contribution in [0.5, 0.6) is 11.5 Å². The van der Waals surface area contributed by atoms with Gasteiger partial charge in [0, 0.05) is 29.3 Å². The normalized spacial score (nSPS) is 15.9. The van der Waals surface area contributed by atoms with Crippen molar-refractivity contribution in [2.45, 2.75) is 13.0 Å². The first kappa shape index (κ1) is 16.9. The number of nitrogens with one attached hydrogen (secondary N) is 1. The van der Waals surface area contributed by atoms with E-state index in [-0.39, 0.29) is 6.10 Å². The smallest absolute Gasteiger partial charge is 0.163 e. The first-order valence-electron chi connectivity index (χ1n) is 8.24. The van der Waals surface area contributed by atoms with Crippen molar-refractivity contribution < 1.29 is 14.2 Å². The SMILES string of the molecule is COCC1COc2cc3ncnc(Nc4ccc(C)c(Cl)c4)c3cc2O1. The Balaban J connectivity index is 1.71. The molecule has 26 heavy (non-hydrogen) atoms. The number of nitrogens with zero attached hydrogens (tertiary/aromatic N) is 2. The Morgan fingerprint density at radius 1 is 1.23 bits per heavy atom. The fraction of sp³-hybridized carbons (Fsp3) is 0.263. The summed E-state index contributed by atoms with van der Waals surface area (Å²) in [6.07, 6.45) is 1.38. The summed E-state index contributed by atoms with van der Waals surface area (Å²) in [5.41, 5.74) is 2.65. The zero-order valence-corrected chi connectivity index (χ0v) is 15.2. The summed E-state index contributed by atoms with van der Waals surface area (Å²) in [5, 5.41) is 4.84. The highest BCUT2D eigenvalue weighted by Gasteiger charge is 2.22. The molecule has 0 saturated carbocycles. The van der Waals surface area contributed by atoms with E-state index in [9.17, 15) is 0 Å². The molecule has 0 amide bonds. The van der Waals surface area contributed by atoms with E-state index in [0.29, 0.717) is 35.6 Å². The third-order valence-corrected chi connectivity index (χ3v) is 4.61. The molecule has 134 valence electrons. The topological polar surface area (TPSA) is 65.5 Å². The van der Waals surface area contributed by atoms with Gasteiger partial charge in [0.2, 0.25) is 0 Å². The maximum absolute atomic E-state index is 6.22. The second-order valence-electron chi connectivity index (χ2n) is 6.13. The molecular weight excluding hydrogens is 354 g/mol. The molecule has 0 fully saturated rings. The zero-order valence-electron chi connectivity index (χ0n) is 14.5. The van der Waals surface area contributed by atoms with Gasteiger partial charge in [0.05, 0.1) is 12.1 Å². The predicted molar refractivity (Wildman–Crippen MR) is 101 cm³/mol. The molecule has 3 aromatic rings. The lowest BCUT2D eigenvalue weighted by molar-refractivity contribution is 0.0274. The van der Waals surface area contributed by atoms with E-state index in [1.165, 1.54) is 6.33 Å². The van der Waals surface area contributed by atoms with Gasteiger partial charge in [-0.05, 0) is 30.7 Å². The van der Waals surface area contributed by atoms with Crippen molar-refractivity contribution in [1.82, 2.24) is 9.97 Å². The van der Waals surface area contributed by atoms with E-state index in [1.807, 2.05) is 37.3 Å².